The van der Waals surface area contributed by atoms with Crippen LogP contribution in [0.5, 0.6) is 11.5 Å². The van der Waals surface area contributed by atoms with E-state index in [4.69, 9.17) is 9.47 Å². The Morgan fingerprint density at radius 2 is 1.80 bits per heavy atom. The van der Waals surface area contributed by atoms with Crippen molar-refractivity contribution in [1.29, 1.82) is 0 Å². The quantitative estimate of drug-likeness (QED) is 0.658. The van der Waals surface area contributed by atoms with Crippen LogP contribution in [0, 0.1) is 5.92 Å². The van der Waals surface area contributed by atoms with Gasteiger partial charge in [-0.15, -0.1) is 0 Å². The molecule has 1 saturated heterocycles. The number of aliphatic imine (C=N–C) groups is 1. The molecule has 0 aliphatic carbocycles. The topological polar surface area (TPSA) is 51.1 Å². The lowest BCUT2D eigenvalue weighted by Crippen LogP contribution is -2.37. The Bertz CT molecular complexity index is 964. The molecule has 2 aliphatic heterocycles. The number of rotatable bonds is 5. The van der Waals surface area contributed by atoms with Crippen molar-refractivity contribution in [2.75, 3.05) is 27.3 Å². The van der Waals surface area contributed by atoms with Gasteiger partial charge in [-0.25, -0.2) is 0 Å². The fourth-order valence-electron chi connectivity index (χ4n) is 3.90. The second-order valence-electron chi connectivity index (χ2n) is 7.54. The second-order valence-corrected chi connectivity index (χ2v) is 8.55. The molecular formula is C24H26N2O3S. The molecule has 0 saturated carbocycles. The molecule has 1 amide bonds. The summed E-state index contributed by atoms with van der Waals surface area (Å²) in [5.41, 5.74) is 2.29. The third kappa shape index (κ3) is 4.70. The minimum Gasteiger partial charge on any atom is -0.493 e. The molecule has 4 rings (SSSR count). The van der Waals surface area contributed by atoms with E-state index < -0.39 is 0 Å². The average Bonchev–Trinajstić information content (AvgIpc) is 3.15. The summed E-state index contributed by atoms with van der Waals surface area (Å²) in [6.45, 7) is 1.89. The fraction of sp³-hybridized carbons (Fsp3) is 0.333. The molecule has 30 heavy (non-hydrogen) atoms. The van der Waals surface area contributed by atoms with E-state index in [2.05, 4.69) is 40.2 Å². The number of carbonyl (C=O) groups is 1. The number of methoxy groups -OCH3 is 2. The lowest BCUT2D eigenvalue weighted by atomic mass is 9.90. The third-order valence-electron chi connectivity index (χ3n) is 5.57. The van der Waals surface area contributed by atoms with Crippen LogP contribution in [0.1, 0.15) is 24.0 Å². The monoisotopic (exact) mass is 422 g/mol. The van der Waals surface area contributed by atoms with Crippen molar-refractivity contribution in [3.63, 3.8) is 0 Å². The molecule has 1 fully saturated rings. The number of hydrogen-bond acceptors (Lipinski definition) is 5. The van der Waals surface area contributed by atoms with Gasteiger partial charge in [0.1, 0.15) is 0 Å². The number of hydrogen-bond donors (Lipinski definition) is 0. The fourth-order valence-corrected chi connectivity index (χ4v) is 4.87. The van der Waals surface area contributed by atoms with Crippen molar-refractivity contribution >= 4 is 28.9 Å². The van der Waals surface area contributed by atoms with Crippen LogP contribution in [0.25, 0.3) is 6.08 Å². The lowest BCUT2D eigenvalue weighted by molar-refractivity contribution is -0.113. The first kappa shape index (κ1) is 20.5. The molecule has 0 bridgehead atoms. The van der Waals surface area contributed by atoms with Crippen molar-refractivity contribution in [2.45, 2.75) is 19.3 Å². The van der Waals surface area contributed by atoms with Crippen LogP contribution in [-0.2, 0) is 11.2 Å². The first-order valence-electron chi connectivity index (χ1n) is 10.2. The van der Waals surface area contributed by atoms with Gasteiger partial charge in [-0.05, 0) is 66.3 Å². The minimum atomic E-state index is -0.170. The standard InChI is InChI=1S/C24H26N2O3S/c1-28-20-9-8-19(15-21(20)29-2)16-22-23(27)25-24(30-22)26-12-10-18(11-13-26)14-17-6-4-3-5-7-17/h3-9,15-16,18H,10-14H2,1-2H3. The maximum atomic E-state index is 12.5. The first-order chi connectivity index (χ1) is 14.7. The molecule has 2 aromatic carbocycles. The van der Waals surface area contributed by atoms with Crippen LogP contribution < -0.4 is 9.47 Å². The Labute approximate surface area is 181 Å². The number of thioether (sulfide) groups is 1. The molecule has 0 spiro atoms. The molecule has 2 aliphatic rings. The van der Waals surface area contributed by atoms with E-state index in [1.807, 2.05) is 24.3 Å². The number of amidine groups is 1. The van der Waals surface area contributed by atoms with Crippen LogP contribution in [0.2, 0.25) is 0 Å². The largest absolute Gasteiger partial charge is 0.493 e. The van der Waals surface area contributed by atoms with Gasteiger partial charge in [0, 0.05) is 13.1 Å². The van der Waals surface area contributed by atoms with E-state index in [1.165, 1.54) is 17.3 Å². The smallest absolute Gasteiger partial charge is 0.286 e. The van der Waals surface area contributed by atoms with Crippen LogP contribution in [-0.4, -0.2) is 43.3 Å². The predicted molar refractivity (Wildman–Crippen MR) is 122 cm³/mol. The highest BCUT2D eigenvalue weighted by Gasteiger charge is 2.29. The van der Waals surface area contributed by atoms with Crippen molar-refractivity contribution in [3.8, 4) is 11.5 Å². The van der Waals surface area contributed by atoms with Crippen molar-refractivity contribution < 1.29 is 14.3 Å². The van der Waals surface area contributed by atoms with E-state index in [9.17, 15) is 4.79 Å². The van der Waals surface area contributed by atoms with Crippen LogP contribution in [0.15, 0.2) is 58.4 Å². The number of benzene rings is 2. The number of piperidine rings is 1. The van der Waals surface area contributed by atoms with Gasteiger partial charge in [0.05, 0.1) is 19.1 Å². The Morgan fingerprint density at radius 1 is 1.07 bits per heavy atom. The van der Waals surface area contributed by atoms with Crippen LogP contribution in [0.4, 0.5) is 0 Å². The van der Waals surface area contributed by atoms with Gasteiger partial charge in [0.25, 0.3) is 5.91 Å². The highest BCUT2D eigenvalue weighted by atomic mass is 32.2. The summed E-state index contributed by atoms with van der Waals surface area (Å²) in [7, 11) is 3.21. The van der Waals surface area contributed by atoms with Gasteiger partial charge in [-0.1, -0.05) is 36.4 Å². The number of ether oxygens (including phenoxy) is 2. The zero-order valence-electron chi connectivity index (χ0n) is 17.3. The molecule has 5 nitrogen and oxygen atoms in total. The molecule has 0 aromatic heterocycles. The Kier molecular flexibility index (Phi) is 6.43. The van der Waals surface area contributed by atoms with Gasteiger partial charge < -0.3 is 14.4 Å². The molecule has 2 aromatic rings. The van der Waals surface area contributed by atoms with E-state index in [1.54, 1.807) is 14.2 Å². The van der Waals surface area contributed by atoms with E-state index in [0.29, 0.717) is 22.3 Å². The summed E-state index contributed by atoms with van der Waals surface area (Å²) in [5, 5.41) is 0.824. The number of carbonyl (C=O) groups excluding carboxylic acids is 1. The highest BCUT2D eigenvalue weighted by Crippen LogP contribution is 2.34. The minimum absolute atomic E-state index is 0.170. The molecule has 0 atom stereocenters. The molecule has 0 unspecified atom stereocenters. The molecule has 156 valence electrons. The predicted octanol–water partition coefficient (Wildman–Crippen LogP) is 4.63. The Morgan fingerprint density at radius 3 is 2.50 bits per heavy atom. The van der Waals surface area contributed by atoms with Crippen molar-refractivity contribution in [2.24, 2.45) is 10.9 Å². The zero-order valence-corrected chi connectivity index (χ0v) is 18.2. The number of amides is 1. The van der Waals surface area contributed by atoms with Crippen LogP contribution >= 0.6 is 11.8 Å². The van der Waals surface area contributed by atoms with Gasteiger partial charge >= 0.3 is 0 Å². The van der Waals surface area contributed by atoms with Crippen molar-refractivity contribution in [1.82, 2.24) is 4.90 Å². The third-order valence-corrected chi connectivity index (χ3v) is 6.61. The summed E-state index contributed by atoms with van der Waals surface area (Å²) < 4.78 is 10.6. The van der Waals surface area contributed by atoms with E-state index in [-0.39, 0.29) is 5.91 Å². The lowest BCUT2D eigenvalue weighted by Gasteiger charge is -2.32. The maximum absolute atomic E-state index is 12.5. The Balaban J connectivity index is 1.37. The number of likely N-dealkylation sites (tertiary alicyclic amines) is 1. The average molecular weight is 423 g/mol. The van der Waals surface area contributed by atoms with Gasteiger partial charge in [-0.3, -0.25) is 4.79 Å². The maximum Gasteiger partial charge on any atom is 0.286 e. The number of nitrogens with zero attached hydrogens (tertiary/aromatic N) is 2. The summed E-state index contributed by atoms with van der Waals surface area (Å²) in [6.07, 6.45) is 5.24. The normalized spacial score (nSPS) is 18.6. The molecule has 2 heterocycles. The van der Waals surface area contributed by atoms with Gasteiger partial charge in [-0.2, -0.15) is 4.99 Å². The van der Waals surface area contributed by atoms with Gasteiger partial charge in [0.15, 0.2) is 16.7 Å². The second kappa shape index (κ2) is 9.39. The highest BCUT2D eigenvalue weighted by molar-refractivity contribution is 8.18. The van der Waals surface area contributed by atoms with Gasteiger partial charge in [0.2, 0.25) is 0 Å². The summed E-state index contributed by atoms with van der Waals surface area (Å²) >= 11 is 1.46. The molecule has 0 N–H and O–H groups in total. The molecule has 6 heteroatoms. The summed E-state index contributed by atoms with van der Waals surface area (Å²) in [6, 6.07) is 16.3. The summed E-state index contributed by atoms with van der Waals surface area (Å²) in [5.74, 6) is 1.83. The van der Waals surface area contributed by atoms with E-state index >= 15 is 0 Å². The van der Waals surface area contributed by atoms with Crippen LogP contribution in [0.3, 0.4) is 0 Å². The SMILES string of the molecule is COc1ccc(C=C2SC(N3CCC(Cc4ccccc4)CC3)=NC2=O)cc1OC. The van der Waals surface area contributed by atoms with Crippen molar-refractivity contribution in [3.05, 3.63) is 64.6 Å². The Hall–Kier alpha value is -2.73. The zero-order chi connectivity index (χ0) is 20.9. The molecular weight excluding hydrogens is 396 g/mol. The summed E-state index contributed by atoms with van der Waals surface area (Å²) in [4.78, 5) is 19.7. The molecule has 0 radical (unpaired) electrons. The van der Waals surface area contributed by atoms with E-state index in [0.717, 1.165) is 43.1 Å². The first-order valence-corrected chi connectivity index (χ1v) is 11.0.